The standard InChI is InChI=1S/C21H22N4O2/c1-14-12-17(21(26)25-11-10-24-9-5-8-16(24)13-25)18-19(23-27-20(18)22-14)15-6-3-2-4-7-15/h2-4,6-7,12,16H,5,8-11,13H2,1H3. The van der Waals surface area contributed by atoms with Gasteiger partial charge in [-0.1, -0.05) is 35.5 Å². The molecule has 2 aliphatic rings. The number of piperazine rings is 1. The van der Waals surface area contributed by atoms with E-state index >= 15 is 0 Å². The molecule has 1 amide bonds. The van der Waals surface area contributed by atoms with Gasteiger partial charge in [-0.3, -0.25) is 9.69 Å². The van der Waals surface area contributed by atoms with Gasteiger partial charge in [-0.25, -0.2) is 4.98 Å². The Morgan fingerprint density at radius 1 is 1.19 bits per heavy atom. The Hall–Kier alpha value is -2.73. The number of nitrogens with zero attached hydrogens (tertiary/aromatic N) is 4. The van der Waals surface area contributed by atoms with Gasteiger partial charge in [-0.2, -0.15) is 0 Å². The Balaban J connectivity index is 1.58. The minimum absolute atomic E-state index is 0.0532. The number of carbonyl (C=O) groups excluding carboxylic acids is 1. The van der Waals surface area contributed by atoms with Gasteiger partial charge in [0.1, 0.15) is 5.69 Å². The molecule has 0 N–H and O–H groups in total. The molecule has 0 radical (unpaired) electrons. The van der Waals surface area contributed by atoms with Crippen LogP contribution in [0.15, 0.2) is 40.9 Å². The normalized spacial score (nSPS) is 20.2. The molecule has 6 heteroatoms. The second kappa shape index (κ2) is 6.46. The van der Waals surface area contributed by atoms with Crippen LogP contribution in [0.3, 0.4) is 0 Å². The van der Waals surface area contributed by atoms with E-state index in [9.17, 15) is 4.79 Å². The smallest absolute Gasteiger partial charge is 0.259 e. The van der Waals surface area contributed by atoms with Crippen molar-refractivity contribution >= 4 is 17.0 Å². The van der Waals surface area contributed by atoms with Crippen LogP contribution >= 0.6 is 0 Å². The molecule has 5 rings (SSSR count). The minimum atomic E-state index is 0.0532. The highest BCUT2D eigenvalue weighted by molar-refractivity contribution is 6.09. The molecule has 1 aromatic carbocycles. The van der Waals surface area contributed by atoms with Crippen molar-refractivity contribution in [2.45, 2.75) is 25.8 Å². The summed E-state index contributed by atoms with van der Waals surface area (Å²) in [5, 5.41) is 4.95. The number of pyridine rings is 1. The van der Waals surface area contributed by atoms with Crippen molar-refractivity contribution in [3.8, 4) is 11.3 Å². The molecule has 0 saturated carbocycles. The van der Waals surface area contributed by atoms with Gasteiger partial charge in [0.15, 0.2) is 0 Å². The van der Waals surface area contributed by atoms with Gasteiger partial charge in [0.25, 0.3) is 11.6 Å². The zero-order valence-electron chi connectivity index (χ0n) is 15.4. The summed E-state index contributed by atoms with van der Waals surface area (Å²) in [5.74, 6) is 0.0532. The average Bonchev–Trinajstić information content (AvgIpc) is 3.33. The topological polar surface area (TPSA) is 62.5 Å². The van der Waals surface area contributed by atoms with Gasteiger partial charge in [0.05, 0.1) is 10.9 Å². The highest BCUT2D eigenvalue weighted by atomic mass is 16.5. The van der Waals surface area contributed by atoms with Crippen LogP contribution in [0, 0.1) is 6.92 Å². The maximum atomic E-state index is 13.4. The molecule has 1 unspecified atom stereocenters. The summed E-state index contributed by atoms with van der Waals surface area (Å²) in [6.07, 6.45) is 2.41. The van der Waals surface area contributed by atoms with E-state index in [2.05, 4.69) is 15.0 Å². The molecule has 3 aromatic rings. The predicted octanol–water partition coefficient (Wildman–Crippen LogP) is 3.12. The number of hydrogen-bond donors (Lipinski definition) is 0. The molecule has 2 aromatic heterocycles. The second-order valence-corrected chi connectivity index (χ2v) is 7.47. The fourth-order valence-corrected chi connectivity index (χ4v) is 4.38. The summed E-state index contributed by atoms with van der Waals surface area (Å²) in [6, 6.07) is 12.2. The molecule has 0 bridgehead atoms. The van der Waals surface area contributed by atoms with E-state index in [1.807, 2.05) is 48.2 Å². The number of fused-ring (bicyclic) bond motifs is 2. The fourth-order valence-electron chi connectivity index (χ4n) is 4.38. The molecule has 2 fully saturated rings. The second-order valence-electron chi connectivity index (χ2n) is 7.47. The van der Waals surface area contributed by atoms with Crippen LogP contribution in [0.25, 0.3) is 22.4 Å². The third-order valence-corrected chi connectivity index (χ3v) is 5.73. The SMILES string of the molecule is Cc1cc(C(=O)N2CCN3CCCC3C2)c2c(-c3ccccc3)noc2n1. The van der Waals surface area contributed by atoms with E-state index in [1.54, 1.807) is 0 Å². The van der Waals surface area contributed by atoms with Gasteiger partial charge in [0, 0.05) is 36.9 Å². The van der Waals surface area contributed by atoms with Crippen LogP contribution in [-0.2, 0) is 0 Å². The molecule has 1 atom stereocenters. The first kappa shape index (κ1) is 16.4. The first-order valence-electron chi connectivity index (χ1n) is 9.56. The lowest BCUT2D eigenvalue weighted by Gasteiger charge is -2.37. The fraction of sp³-hybridized carbons (Fsp3) is 0.381. The molecule has 2 saturated heterocycles. The maximum Gasteiger partial charge on any atom is 0.259 e. The monoisotopic (exact) mass is 362 g/mol. The van der Waals surface area contributed by atoms with Crippen molar-refractivity contribution in [2.24, 2.45) is 0 Å². The Labute approximate surface area is 157 Å². The highest BCUT2D eigenvalue weighted by Gasteiger charge is 2.34. The Bertz CT molecular complexity index is 998. The van der Waals surface area contributed by atoms with E-state index in [1.165, 1.54) is 12.8 Å². The molecule has 27 heavy (non-hydrogen) atoms. The largest absolute Gasteiger partial charge is 0.336 e. The summed E-state index contributed by atoms with van der Waals surface area (Å²) in [5.41, 5.74) is 3.44. The number of benzene rings is 1. The lowest BCUT2D eigenvalue weighted by Crippen LogP contribution is -2.52. The van der Waals surface area contributed by atoms with Crippen molar-refractivity contribution in [1.82, 2.24) is 19.9 Å². The number of carbonyl (C=O) groups is 1. The molecule has 4 heterocycles. The first-order valence-corrected chi connectivity index (χ1v) is 9.56. The van der Waals surface area contributed by atoms with Crippen LogP contribution in [0.5, 0.6) is 0 Å². The zero-order chi connectivity index (χ0) is 18.4. The van der Waals surface area contributed by atoms with Crippen molar-refractivity contribution in [3.05, 3.63) is 47.7 Å². The number of aromatic nitrogens is 2. The zero-order valence-corrected chi connectivity index (χ0v) is 15.4. The van der Waals surface area contributed by atoms with Gasteiger partial charge < -0.3 is 9.42 Å². The van der Waals surface area contributed by atoms with Gasteiger partial charge in [-0.15, -0.1) is 0 Å². The maximum absolute atomic E-state index is 13.4. The first-order chi connectivity index (χ1) is 13.2. The van der Waals surface area contributed by atoms with E-state index in [4.69, 9.17) is 4.52 Å². The lowest BCUT2D eigenvalue weighted by molar-refractivity contribution is 0.0573. The lowest BCUT2D eigenvalue weighted by atomic mass is 10.0. The number of amides is 1. The summed E-state index contributed by atoms with van der Waals surface area (Å²) in [4.78, 5) is 22.4. The molecular formula is C21H22N4O2. The quantitative estimate of drug-likeness (QED) is 0.701. The number of aryl methyl sites for hydroxylation is 1. The van der Waals surface area contributed by atoms with Gasteiger partial charge >= 0.3 is 0 Å². The number of hydrogen-bond acceptors (Lipinski definition) is 5. The molecule has 6 nitrogen and oxygen atoms in total. The van der Waals surface area contributed by atoms with Crippen LogP contribution in [-0.4, -0.2) is 58.1 Å². The van der Waals surface area contributed by atoms with Gasteiger partial charge in [0.2, 0.25) is 0 Å². The average molecular weight is 362 g/mol. The van der Waals surface area contributed by atoms with E-state index in [-0.39, 0.29) is 5.91 Å². The van der Waals surface area contributed by atoms with Crippen LogP contribution < -0.4 is 0 Å². The Morgan fingerprint density at radius 3 is 2.89 bits per heavy atom. The molecular weight excluding hydrogens is 340 g/mol. The molecule has 0 aliphatic carbocycles. The van der Waals surface area contributed by atoms with Gasteiger partial charge in [-0.05, 0) is 32.4 Å². The highest BCUT2D eigenvalue weighted by Crippen LogP contribution is 2.32. The summed E-state index contributed by atoms with van der Waals surface area (Å²) >= 11 is 0. The summed E-state index contributed by atoms with van der Waals surface area (Å²) in [7, 11) is 0. The molecule has 138 valence electrons. The van der Waals surface area contributed by atoms with Crippen LogP contribution in [0.1, 0.15) is 28.9 Å². The van der Waals surface area contributed by atoms with E-state index < -0.39 is 0 Å². The third kappa shape index (κ3) is 2.80. The summed E-state index contributed by atoms with van der Waals surface area (Å²) in [6.45, 7) is 5.57. The summed E-state index contributed by atoms with van der Waals surface area (Å²) < 4.78 is 5.49. The van der Waals surface area contributed by atoms with Crippen LogP contribution in [0.4, 0.5) is 0 Å². The minimum Gasteiger partial charge on any atom is -0.336 e. The van der Waals surface area contributed by atoms with Crippen molar-refractivity contribution < 1.29 is 9.32 Å². The van der Waals surface area contributed by atoms with Crippen molar-refractivity contribution in [1.29, 1.82) is 0 Å². The Morgan fingerprint density at radius 2 is 2.04 bits per heavy atom. The molecule has 0 spiro atoms. The predicted molar refractivity (Wildman–Crippen MR) is 102 cm³/mol. The van der Waals surface area contributed by atoms with E-state index in [0.717, 1.165) is 37.4 Å². The van der Waals surface area contributed by atoms with E-state index in [0.29, 0.717) is 28.4 Å². The molecule has 2 aliphatic heterocycles. The number of rotatable bonds is 2. The third-order valence-electron chi connectivity index (χ3n) is 5.73. The van der Waals surface area contributed by atoms with Crippen molar-refractivity contribution in [2.75, 3.05) is 26.2 Å². The Kier molecular flexibility index (Phi) is 3.93. The van der Waals surface area contributed by atoms with Crippen LogP contribution in [0.2, 0.25) is 0 Å². The van der Waals surface area contributed by atoms with Crippen molar-refractivity contribution in [3.63, 3.8) is 0 Å².